The molecule has 0 fully saturated rings. The van der Waals surface area contributed by atoms with Crippen molar-refractivity contribution in [3.8, 4) is 5.75 Å². The lowest BCUT2D eigenvalue weighted by Gasteiger charge is -2.22. The Hall–Kier alpha value is -2.24. The summed E-state index contributed by atoms with van der Waals surface area (Å²) in [5, 5.41) is 11.6. The molecule has 6 heteroatoms. The van der Waals surface area contributed by atoms with E-state index in [9.17, 15) is 14.7 Å². The van der Waals surface area contributed by atoms with E-state index >= 15 is 0 Å². The van der Waals surface area contributed by atoms with Crippen LogP contribution in [0, 0.1) is 0 Å². The third-order valence-corrected chi connectivity index (χ3v) is 2.41. The number of aromatic hydroxyl groups is 1. The van der Waals surface area contributed by atoms with E-state index in [1.165, 1.54) is 12.1 Å². The van der Waals surface area contributed by atoms with Crippen LogP contribution < -0.4 is 11.1 Å². The molecule has 0 spiro atoms. The number of alkyl carbamates (subject to hydrolysis) is 1. The number of primary amides is 1. The van der Waals surface area contributed by atoms with Crippen molar-refractivity contribution < 1.29 is 19.4 Å². The van der Waals surface area contributed by atoms with Gasteiger partial charge in [0.2, 0.25) is 5.91 Å². The molecule has 1 rings (SSSR count). The molecule has 0 aliphatic heterocycles. The van der Waals surface area contributed by atoms with Gasteiger partial charge in [0.1, 0.15) is 17.4 Å². The second-order valence-electron chi connectivity index (χ2n) is 5.47. The van der Waals surface area contributed by atoms with Crippen LogP contribution in [0.2, 0.25) is 0 Å². The first kappa shape index (κ1) is 15.8. The summed E-state index contributed by atoms with van der Waals surface area (Å²) in [5.41, 5.74) is 5.39. The number of benzene rings is 1. The van der Waals surface area contributed by atoms with Crippen LogP contribution in [0.15, 0.2) is 24.3 Å². The molecule has 2 amide bonds. The monoisotopic (exact) mass is 280 g/mol. The molecule has 1 aromatic carbocycles. The molecule has 0 bridgehead atoms. The van der Waals surface area contributed by atoms with Gasteiger partial charge in [-0.3, -0.25) is 4.79 Å². The van der Waals surface area contributed by atoms with E-state index in [0.717, 1.165) is 5.56 Å². The van der Waals surface area contributed by atoms with Gasteiger partial charge >= 0.3 is 6.09 Å². The highest BCUT2D eigenvalue weighted by atomic mass is 16.6. The van der Waals surface area contributed by atoms with Gasteiger partial charge in [-0.2, -0.15) is 0 Å². The Morgan fingerprint density at radius 2 is 1.85 bits per heavy atom. The highest BCUT2D eigenvalue weighted by molar-refractivity contribution is 5.84. The van der Waals surface area contributed by atoms with E-state index in [4.69, 9.17) is 10.5 Å². The zero-order valence-corrected chi connectivity index (χ0v) is 11.8. The number of ether oxygens (including phenoxy) is 1. The zero-order valence-electron chi connectivity index (χ0n) is 11.8. The zero-order chi connectivity index (χ0) is 15.3. The van der Waals surface area contributed by atoms with Crippen molar-refractivity contribution in [2.24, 2.45) is 5.73 Å². The molecule has 1 atom stereocenters. The van der Waals surface area contributed by atoms with Crippen LogP contribution in [0.3, 0.4) is 0 Å². The van der Waals surface area contributed by atoms with Crippen molar-refractivity contribution in [1.82, 2.24) is 5.32 Å². The van der Waals surface area contributed by atoms with E-state index in [-0.39, 0.29) is 12.2 Å². The molecule has 0 aromatic heterocycles. The van der Waals surface area contributed by atoms with Crippen LogP contribution in [-0.4, -0.2) is 28.7 Å². The van der Waals surface area contributed by atoms with Crippen LogP contribution >= 0.6 is 0 Å². The maximum atomic E-state index is 11.6. The summed E-state index contributed by atoms with van der Waals surface area (Å²) in [5.74, 6) is -0.520. The third-order valence-electron chi connectivity index (χ3n) is 2.41. The molecule has 20 heavy (non-hydrogen) atoms. The first-order valence-electron chi connectivity index (χ1n) is 6.24. The third kappa shape index (κ3) is 5.60. The Morgan fingerprint density at radius 3 is 2.30 bits per heavy atom. The van der Waals surface area contributed by atoms with E-state index in [1.54, 1.807) is 32.9 Å². The lowest BCUT2D eigenvalue weighted by atomic mass is 10.1. The first-order chi connectivity index (χ1) is 9.17. The minimum absolute atomic E-state index is 0.129. The number of hydrogen-bond acceptors (Lipinski definition) is 4. The number of phenolic OH excluding ortho intramolecular Hbond substituents is 1. The number of hydrogen-bond donors (Lipinski definition) is 3. The Kier molecular flexibility index (Phi) is 4.96. The van der Waals surface area contributed by atoms with E-state index in [2.05, 4.69) is 5.32 Å². The number of phenols is 1. The van der Waals surface area contributed by atoms with Gasteiger partial charge in [-0.1, -0.05) is 12.1 Å². The summed E-state index contributed by atoms with van der Waals surface area (Å²) in [6.07, 6.45) is -0.463. The maximum absolute atomic E-state index is 11.6. The van der Waals surface area contributed by atoms with Gasteiger partial charge in [-0.05, 0) is 38.5 Å². The molecular formula is C14H20N2O4. The lowest BCUT2D eigenvalue weighted by molar-refractivity contribution is -0.120. The average Bonchev–Trinajstić information content (AvgIpc) is 2.28. The molecule has 0 aliphatic rings. The van der Waals surface area contributed by atoms with Crippen molar-refractivity contribution in [1.29, 1.82) is 0 Å². The van der Waals surface area contributed by atoms with Crippen LogP contribution in [0.4, 0.5) is 4.79 Å². The van der Waals surface area contributed by atoms with Crippen molar-refractivity contribution in [3.63, 3.8) is 0 Å². The van der Waals surface area contributed by atoms with Crippen LogP contribution in [0.5, 0.6) is 5.75 Å². The number of amides is 2. The number of nitrogens with one attached hydrogen (secondary N) is 1. The minimum Gasteiger partial charge on any atom is -0.508 e. The van der Waals surface area contributed by atoms with Crippen molar-refractivity contribution in [2.45, 2.75) is 38.8 Å². The van der Waals surface area contributed by atoms with Gasteiger partial charge in [0.05, 0.1) is 0 Å². The van der Waals surface area contributed by atoms with Gasteiger partial charge < -0.3 is 20.9 Å². The highest BCUT2D eigenvalue weighted by Gasteiger charge is 2.22. The Labute approximate surface area is 117 Å². The molecule has 1 aromatic rings. The molecule has 0 radical (unpaired) electrons. The molecule has 0 heterocycles. The second-order valence-corrected chi connectivity index (χ2v) is 5.47. The summed E-state index contributed by atoms with van der Waals surface area (Å²) in [4.78, 5) is 23.0. The normalized spacial score (nSPS) is 12.6. The van der Waals surface area contributed by atoms with Crippen molar-refractivity contribution in [2.75, 3.05) is 0 Å². The summed E-state index contributed by atoms with van der Waals surface area (Å²) >= 11 is 0. The molecular weight excluding hydrogens is 260 g/mol. The Bertz CT molecular complexity index is 477. The molecule has 4 N–H and O–H groups in total. The molecule has 0 aliphatic carbocycles. The van der Waals surface area contributed by atoms with Crippen LogP contribution in [-0.2, 0) is 16.0 Å². The molecule has 0 unspecified atom stereocenters. The topological polar surface area (TPSA) is 102 Å². The van der Waals surface area contributed by atoms with Gasteiger partial charge in [-0.25, -0.2) is 4.79 Å². The summed E-state index contributed by atoms with van der Waals surface area (Å²) in [7, 11) is 0. The second kappa shape index (κ2) is 6.27. The predicted octanol–water partition coefficient (Wildman–Crippen LogP) is 1.31. The number of carbonyl (C=O) groups is 2. The van der Waals surface area contributed by atoms with E-state index < -0.39 is 23.6 Å². The maximum Gasteiger partial charge on any atom is 0.408 e. The van der Waals surface area contributed by atoms with Crippen LogP contribution in [0.1, 0.15) is 26.3 Å². The Balaban J connectivity index is 2.68. The molecule has 6 nitrogen and oxygen atoms in total. The minimum atomic E-state index is -0.866. The van der Waals surface area contributed by atoms with Crippen molar-refractivity contribution >= 4 is 12.0 Å². The molecule has 0 saturated heterocycles. The van der Waals surface area contributed by atoms with E-state index in [1.807, 2.05) is 0 Å². The molecule has 110 valence electrons. The van der Waals surface area contributed by atoms with Gasteiger partial charge in [-0.15, -0.1) is 0 Å². The van der Waals surface area contributed by atoms with Gasteiger partial charge in [0.25, 0.3) is 0 Å². The largest absolute Gasteiger partial charge is 0.508 e. The average molecular weight is 280 g/mol. The quantitative estimate of drug-likeness (QED) is 0.774. The smallest absolute Gasteiger partial charge is 0.408 e. The molecule has 0 saturated carbocycles. The summed E-state index contributed by atoms with van der Waals surface area (Å²) in [6.45, 7) is 5.18. The standard InChI is InChI=1S/C14H20N2O4/c1-14(2,3)20-13(19)16-11(12(15)18)8-9-4-6-10(17)7-5-9/h4-7,11,17H,8H2,1-3H3,(H2,15,18)(H,16,19)/t11-/m1/s1. The fourth-order valence-corrected chi connectivity index (χ4v) is 1.54. The first-order valence-corrected chi connectivity index (χ1v) is 6.24. The lowest BCUT2D eigenvalue weighted by Crippen LogP contribution is -2.47. The number of carbonyl (C=O) groups excluding carboxylic acids is 2. The summed E-state index contributed by atoms with van der Waals surface area (Å²) < 4.78 is 5.08. The predicted molar refractivity (Wildman–Crippen MR) is 74.2 cm³/mol. The fraction of sp³-hybridized carbons (Fsp3) is 0.429. The Morgan fingerprint density at radius 1 is 1.30 bits per heavy atom. The fourth-order valence-electron chi connectivity index (χ4n) is 1.54. The van der Waals surface area contributed by atoms with Gasteiger partial charge in [0.15, 0.2) is 0 Å². The van der Waals surface area contributed by atoms with Gasteiger partial charge in [0, 0.05) is 6.42 Å². The summed E-state index contributed by atoms with van der Waals surface area (Å²) in [6, 6.07) is 5.45. The number of rotatable bonds is 4. The highest BCUT2D eigenvalue weighted by Crippen LogP contribution is 2.12. The SMILES string of the molecule is CC(C)(C)OC(=O)N[C@H](Cc1ccc(O)cc1)C(N)=O. The van der Waals surface area contributed by atoms with Crippen LogP contribution in [0.25, 0.3) is 0 Å². The van der Waals surface area contributed by atoms with E-state index in [0.29, 0.717) is 0 Å². The van der Waals surface area contributed by atoms with Crippen molar-refractivity contribution in [3.05, 3.63) is 29.8 Å². The number of nitrogens with two attached hydrogens (primary N) is 1.